The summed E-state index contributed by atoms with van der Waals surface area (Å²) in [5.41, 5.74) is 0.972. The molecule has 0 unspecified atom stereocenters. The first-order valence-electron chi connectivity index (χ1n) is 9.17. The molecule has 5 atom stereocenters. The lowest BCUT2D eigenvalue weighted by molar-refractivity contribution is -0.220. The minimum atomic E-state index is -0.833. The minimum Gasteiger partial charge on any atom is -0.463 e. The number of carbonyl (C=O) groups excluding carboxylic acids is 3. The Bertz CT molecular complexity index is 695. The van der Waals surface area contributed by atoms with E-state index in [0.29, 0.717) is 6.61 Å². The minimum absolute atomic E-state index is 0.114. The summed E-state index contributed by atoms with van der Waals surface area (Å²) in [6, 6.07) is 9.56. The summed E-state index contributed by atoms with van der Waals surface area (Å²) >= 11 is 3.37. The Morgan fingerprint density at radius 3 is 2.14 bits per heavy atom. The lowest BCUT2D eigenvalue weighted by Crippen LogP contribution is -2.57. The van der Waals surface area contributed by atoms with E-state index in [9.17, 15) is 14.4 Å². The largest absolute Gasteiger partial charge is 0.463 e. The van der Waals surface area contributed by atoms with E-state index in [0.717, 1.165) is 5.56 Å². The molecule has 1 heterocycles. The van der Waals surface area contributed by atoms with Crippen molar-refractivity contribution >= 4 is 33.8 Å². The van der Waals surface area contributed by atoms with Crippen LogP contribution in [0.4, 0.5) is 0 Å². The average Bonchev–Trinajstić information content (AvgIpc) is 2.65. The fourth-order valence-corrected chi connectivity index (χ4v) is 3.85. The third-order valence-electron chi connectivity index (χ3n) is 4.25. The first-order valence-corrected chi connectivity index (χ1v) is 10.1. The van der Waals surface area contributed by atoms with Crippen LogP contribution in [0.25, 0.3) is 0 Å². The molecule has 1 aromatic rings. The lowest BCUT2D eigenvalue weighted by Gasteiger charge is -2.43. The molecule has 0 spiro atoms. The fourth-order valence-electron chi connectivity index (χ4n) is 3.08. The van der Waals surface area contributed by atoms with Gasteiger partial charge in [0, 0.05) is 20.8 Å². The van der Waals surface area contributed by atoms with Crippen molar-refractivity contribution in [3.8, 4) is 0 Å². The number of hydrogen-bond donors (Lipinski definition) is 0. The zero-order valence-corrected chi connectivity index (χ0v) is 18.1. The van der Waals surface area contributed by atoms with Gasteiger partial charge in [0.2, 0.25) is 0 Å². The van der Waals surface area contributed by atoms with Crippen molar-refractivity contribution in [1.29, 1.82) is 0 Å². The van der Waals surface area contributed by atoms with Crippen molar-refractivity contribution in [2.24, 2.45) is 5.92 Å². The molecular weight excluding hydrogens is 448 g/mol. The van der Waals surface area contributed by atoms with E-state index in [1.54, 1.807) is 0 Å². The molecule has 0 radical (unpaired) electrons. The summed E-state index contributed by atoms with van der Waals surface area (Å²) in [5.74, 6) is -2.06. The number of ether oxygens (including phenoxy) is 5. The van der Waals surface area contributed by atoms with Gasteiger partial charge in [0.05, 0.1) is 19.1 Å². The van der Waals surface area contributed by atoms with Crippen molar-refractivity contribution in [2.75, 3.05) is 13.2 Å². The molecule has 0 bridgehead atoms. The predicted molar refractivity (Wildman–Crippen MR) is 105 cm³/mol. The SMILES string of the molecule is CC(=O)OC[C@H]1O[C@H](Br)[C@H](OC(C)=O)[C@@H](COCc2ccccc2)[C@@H]1OC(C)=O. The summed E-state index contributed by atoms with van der Waals surface area (Å²) in [4.78, 5) is 34.5. The smallest absolute Gasteiger partial charge is 0.303 e. The molecule has 0 N–H and O–H groups in total. The summed E-state index contributed by atoms with van der Waals surface area (Å²) < 4.78 is 27.6. The van der Waals surface area contributed by atoms with Crippen LogP contribution in [0.2, 0.25) is 0 Å². The lowest BCUT2D eigenvalue weighted by atomic mass is 9.90. The normalized spacial score (nSPS) is 26.4. The Balaban J connectivity index is 2.19. The van der Waals surface area contributed by atoms with Crippen molar-refractivity contribution in [3.05, 3.63) is 35.9 Å². The second-order valence-electron chi connectivity index (χ2n) is 6.64. The van der Waals surface area contributed by atoms with E-state index < -0.39 is 47.2 Å². The van der Waals surface area contributed by atoms with Crippen LogP contribution in [0.15, 0.2) is 30.3 Å². The van der Waals surface area contributed by atoms with Crippen LogP contribution in [0.3, 0.4) is 0 Å². The number of carbonyl (C=O) groups is 3. The van der Waals surface area contributed by atoms with Gasteiger partial charge < -0.3 is 23.7 Å². The summed E-state index contributed by atoms with van der Waals surface area (Å²) in [5, 5.41) is -0.691. The van der Waals surface area contributed by atoms with Crippen LogP contribution < -0.4 is 0 Å². The fraction of sp³-hybridized carbons (Fsp3) is 0.550. The van der Waals surface area contributed by atoms with Crippen molar-refractivity contribution in [2.45, 2.75) is 50.7 Å². The van der Waals surface area contributed by atoms with Gasteiger partial charge in [-0.25, -0.2) is 0 Å². The van der Waals surface area contributed by atoms with Gasteiger partial charge in [0.1, 0.15) is 29.9 Å². The van der Waals surface area contributed by atoms with Crippen molar-refractivity contribution in [3.63, 3.8) is 0 Å². The van der Waals surface area contributed by atoms with Gasteiger partial charge in [-0.2, -0.15) is 0 Å². The Morgan fingerprint density at radius 2 is 1.55 bits per heavy atom. The number of alkyl halides is 1. The monoisotopic (exact) mass is 472 g/mol. The quantitative estimate of drug-likeness (QED) is 0.323. The summed E-state index contributed by atoms with van der Waals surface area (Å²) in [6.07, 6.45) is -2.34. The highest BCUT2D eigenvalue weighted by molar-refractivity contribution is 9.09. The third kappa shape index (κ3) is 7.41. The molecule has 8 nitrogen and oxygen atoms in total. The van der Waals surface area contributed by atoms with Gasteiger partial charge in [0.25, 0.3) is 0 Å². The van der Waals surface area contributed by atoms with Crippen LogP contribution in [-0.2, 0) is 44.7 Å². The molecule has 1 saturated heterocycles. The van der Waals surface area contributed by atoms with Crippen LogP contribution >= 0.6 is 15.9 Å². The standard InChI is InChI=1S/C20H25BrO8/c1-12(22)26-11-17-18(27-13(2)23)16(19(20(21)29-17)28-14(3)24)10-25-9-15-7-5-4-6-8-15/h4-8,16-20H,9-11H2,1-3H3/t16-,17+,18-,19+,20-/m0/s1. The second-order valence-corrected chi connectivity index (χ2v) is 7.54. The van der Waals surface area contributed by atoms with Crippen LogP contribution in [-0.4, -0.2) is 54.4 Å². The Hall–Kier alpha value is -1.97. The molecule has 1 aliphatic rings. The highest BCUT2D eigenvalue weighted by Crippen LogP contribution is 2.34. The van der Waals surface area contributed by atoms with E-state index in [2.05, 4.69) is 15.9 Å². The molecule has 0 aromatic heterocycles. The van der Waals surface area contributed by atoms with Gasteiger partial charge in [-0.05, 0) is 5.56 Å². The molecule has 29 heavy (non-hydrogen) atoms. The van der Waals surface area contributed by atoms with Gasteiger partial charge in [0.15, 0.2) is 0 Å². The van der Waals surface area contributed by atoms with Gasteiger partial charge in [-0.1, -0.05) is 46.3 Å². The number of rotatable bonds is 8. The van der Waals surface area contributed by atoms with E-state index >= 15 is 0 Å². The zero-order valence-electron chi connectivity index (χ0n) is 16.5. The first-order chi connectivity index (χ1) is 13.8. The van der Waals surface area contributed by atoms with Gasteiger partial charge in [-0.3, -0.25) is 14.4 Å². The molecule has 1 aromatic carbocycles. The van der Waals surface area contributed by atoms with Crippen LogP contribution in [0, 0.1) is 5.92 Å². The van der Waals surface area contributed by atoms with E-state index in [1.807, 2.05) is 30.3 Å². The Morgan fingerprint density at radius 1 is 0.931 bits per heavy atom. The molecule has 160 valence electrons. The molecular formula is C20H25BrO8. The molecule has 2 rings (SSSR count). The van der Waals surface area contributed by atoms with E-state index in [4.69, 9.17) is 23.7 Å². The topological polar surface area (TPSA) is 97.4 Å². The number of halogens is 1. The third-order valence-corrected chi connectivity index (χ3v) is 4.99. The van der Waals surface area contributed by atoms with E-state index in [-0.39, 0.29) is 13.2 Å². The number of esters is 3. The average molecular weight is 473 g/mol. The maximum Gasteiger partial charge on any atom is 0.303 e. The first kappa shape index (κ1) is 23.3. The zero-order chi connectivity index (χ0) is 21.4. The van der Waals surface area contributed by atoms with Crippen molar-refractivity contribution in [1.82, 2.24) is 0 Å². The van der Waals surface area contributed by atoms with Gasteiger partial charge in [-0.15, -0.1) is 0 Å². The Kier molecular flexibility index (Phi) is 9.06. The van der Waals surface area contributed by atoms with Gasteiger partial charge >= 0.3 is 17.9 Å². The molecule has 1 aliphatic heterocycles. The Labute approximate surface area is 177 Å². The maximum atomic E-state index is 11.7. The van der Waals surface area contributed by atoms with Crippen LogP contribution in [0.5, 0.6) is 0 Å². The number of hydrogen-bond acceptors (Lipinski definition) is 8. The van der Waals surface area contributed by atoms with Crippen LogP contribution in [0.1, 0.15) is 26.3 Å². The predicted octanol–water partition coefficient (Wildman–Crippen LogP) is 2.37. The van der Waals surface area contributed by atoms with Crippen molar-refractivity contribution < 1.29 is 38.1 Å². The summed E-state index contributed by atoms with van der Waals surface area (Å²) in [7, 11) is 0. The second kappa shape index (κ2) is 11.3. The summed E-state index contributed by atoms with van der Waals surface area (Å²) in [6.45, 7) is 4.18. The molecule has 1 fully saturated rings. The van der Waals surface area contributed by atoms with E-state index in [1.165, 1.54) is 20.8 Å². The molecule has 9 heteroatoms. The molecule has 0 aliphatic carbocycles. The highest BCUT2D eigenvalue weighted by Gasteiger charge is 2.49. The molecule has 0 saturated carbocycles. The highest BCUT2D eigenvalue weighted by atomic mass is 79.9. The molecule has 0 amide bonds. The number of benzene rings is 1. The maximum absolute atomic E-state index is 11.7.